The van der Waals surface area contributed by atoms with Gasteiger partial charge in [-0.25, -0.2) is 0 Å². The van der Waals surface area contributed by atoms with E-state index < -0.39 is 0 Å². The summed E-state index contributed by atoms with van der Waals surface area (Å²) in [5.41, 5.74) is 3.43. The van der Waals surface area contributed by atoms with Crippen molar-refractivity contribution in [3.63, 3.8) is 0 Å². The summed E-state index contributed by atoms with van der Waals surface area (Å²) < 4.78 is 5.47. The number of pyridine rings is 1. The minimum absolute atomic E-state index is 0.760. The highest BCUT2D eigenvalue weighted by Gasteiger charge is 2.29. The number of methoxy groups -OCH3 is 1. The minimum atomic E-state index is 0.760. The molecule has 1 aromatic rings. The van der Waals surface area contributed by atoms with Gasteiger partial charge < -0.3 is 4.74 Å². The SMILES string of the molecule is COc1c(C)cnc(CN(CCBr)C2CC2)c1C. The van der Waals surface area contributed by atoms with Crippen LogP contribution in [0, 0.1) is 13.8 Å². The Morgan fingerprint density at radius 3 is 2.72 bits per heavy atom. The first kappa shape index (κ1) is 13.8. The second kappa shape index (κ2) is 6.02. The summed E-state index contributed by atoms with van der Waals surface area (Å²) in [7, 11) is 1.73. The van der Waals surface area contributed by atoms with Crippen molar-refractivity contribution >= 4 is 15.9 Å². The van der Waals surface area contributed by atoms with Crippen molar-refractivity contribution < 1.29 is 4.74 Å². The average molecular weight is 313 g/mol. The van der Waals surface area contributed by atoms with Crippen molar-refractivity contribution in [1.29, 1.82) is 0 Å². The van der Waals surface area contributed by atoms with Gasteiger partial charge in [-0.1, -0.05) is 15.9 Å². The highest BCUT2D eigenvalue weighted by molar-refractivity contribution is 9.09. The quantitative estimate of drug-likeness (QED) is 0.755. The van der Waals surface area contributed by atoms with E-state index in [1.807, 2.05) is 13.1 Å². The topological polar surface area (TPSA) is 25.4 Å². The van der Waals surface area contributed by atoms with Crippen LogP contribution < -0.4 is 4.74 Å². The van der Waals surface area contributed by atoms with Crippen molar-refractivity contribution in [2.75, 3.05) is 19.0 Å². The number of rotatable bonds is 6. The molecule has 0 atom stereocenters. The van der Waals surface area contributed by atoms with Crippen LogP contribution in [0.5, 0.6) is 5.75 Å². The zero-order valence-corrected chi connectivity index (χ0v) is 13.0. The molecule has 0 amide bonds. The van der Waals surface area contributed by atoms with Gasteiger partial charge in [0.05, 0.1) is 12.8 Å². The van der Waals surface area contributed by atoms with Crippen LogP contribution in [0.4, 0.5) is 0 Å². The Kier molecular flexibility index (Phi) is 4.62. The van der Waals surface area contributed by atoms with Crippen LogP contribution in [-0.4, -0.2) is 34.9 Å². The molecule has 1 saturated carbocycles. The maximum Gasteiger partial charge on any atom is 0.128 e. The lowest BCUT2D eigenvalue weighted by molar-refractivity contribution is 0.267. The molecule has 0 unspecified atom stereocenters. The highest BCUT2D eigenvalue weighted by Crippen LogP contribution is 2.30. The number of hydrogen-bond donors (Lipinski definition) is 0. The molecule has 0 bridgehead atoms. The lowest BCUT2D eigenvalue weighted by Gasteiger charge is -2.22. The van der Waals surface area contributed by atoms with E-state index in [1.54, 1.807) is 7.11 Å². The smallest absolute Gasteiger partial charge is 0.128 e. The Morgan fingerprint density at radius 1 is 1.44 bits per heavy atom. The standard InChI is InChI=1S/C14H21BrN2O/c1-10-8-16-13(11(2)14(10)18-3)9-17(7-6-15)12-4-5-12/h8,12H,4-7,9H2,1-3H3. The highest BCUT2D eigenvalue weighted by atomic mass is 79.9. The Bertz CT molecular complexity index is 419. The summed E-state index contributed by atoms with van der Waals surface area (Å²) >= 11 is 3.53. The van der Waals surface area contributed by atoms with Crippen molar-refractivity contribution in [3.05, 3.63) is 23.0 Å². The zero-order chi connectivity index (χ0) is 13.1. The fourth-order valence-corrected chi connectivity index (χ4v) is 2.82. The molecule has 0 saturated heterocycles. The van der Waals surface area contributed by atoms with E-state index in [1.165, 1.54) is 18.4 Å². The molecule has 2 rings (SSSR count). The molecule has 1 aliphatic carbocycles. The first-order valence-corrected chi connectivity index (χ1v) is 7.58. The van der Waals surface area contributed by atoms with Crippen LogP contribution in [0.2, 0.25) is 0 Å². The summed E-state index contributed by atoms with van der Waals surface area (Å²) in [5, 5.41) is 1.02. The molecule has 0 spiro atoms. The largest absolute Gasteiger partial charge is 0.496 e. The molecule has 0 aromatic carbocycles. The fraction of sp³-hybridized carbons (Fsp3) is 0.643. The van der Waals surface area contributed by atoms with Gasteiger partial charge in [0.2, 0.25) is 0 Å². The molecule has 18 heavy (non-hydrogen) atoms. The van der Waals surface area contributed by atoms with Crippen LogP contribution in [0.1, 0.15) is 29.7 Å². The second-order valence-electron chi connectivity index (χ2n) is 4.94. The molecular formula is C14H21BrN2O. The lowest BCUT2D eigenvalue weighted by atomic mass is 10.1. The first-order valence-electron chi connectivity index (χ1n) is 6.46. The van der Waals surface area contributed by atoms with E-state index in [0.717, 1.165) is 41.5 Å². The minimum Gasteiger partial charge on any atom is -0.496 e. The van der Waals surface area contributed by atoms with Gasteiger partial charge in [0.25, 0.3) is 0 Å². The first-order chi connectivity index (χ1) is 8.67. The number of alkyl halides is 1. The molecule has 0 N–H and O–H groups in total. The fourth-order valence-electron chi connectivity index (χ4n) is 2.36. The summed E-state index contributed by atoms with van der Waals surface area (Å²) in [6.07, 6.45) is 4.57. The van der Waals surface area contributed by atoms with Gasteiger partial charge in [-0.15, -0.1) is 0 Å². The van der Waals surface area contributed by atoms with E-state index in [-0.39, 0.29) is 0 Å². The second-order valence-corrected chi connectivity index (χ2v) is 5.73. The molecule has 0 aliphatic heterocycles. The van der Waals surface area contributed by atoms with Gasteiger partial charge in [0.15, 0.2) is 0 Å². The van der Waals surface area contributed by atoms with Gasteiger partial charge in [-0.05, 0) is 26.7 Å². The lowest BCUT2D eigenvalue weighted by Crippen LogP contribution is -2.28. The van der Waals surface area contributed by atoms with Crippen molar-refractivity contribution in [3.8, 4) is 5.75 Å². The average Bonchev–Trinajstić information content (AvgIpc) is 3.16. The Labute approximate surface area is 118 Å². The number of aryl methyl sites for hydroxylation is 1. The molecule has 100 valence electrons. The molecular weight excluding hydrogens is 292 g/mol. The third-order valence-corrected chi connectivity index (χ3v) is 3.89. The molecule has 1 aliphatic rings. The molecule has 1 heterocycles. The Balaban J connectivity index is 2.17. The van der Waals surface area contributed by atoms with E-state index in [2.05, 4.69) is 32.7 Å². The van der Waals surface area contributed by atoms with Gasteiger partial charge >= 0.3 is 0 Å². The van der Waals surface area contributed by atoms with E-state index >= 15 is 0 Å². The monoisotopic (exact) mass is 312 g/mol. The number of halogens is 1. The maximum atomic E-state index is 5.47. The predicted molar refractivity (Wildman–Crippen MR) is 77.5 cm³/mol. The third-order valence-electron chi connectivity index (χ3n) is 3.54. The van der Waals surface area contributed by atoms with Gasteiger partial charge in [0, 0.05) is 41.8 Å². The van der Waals surface area contributed by atoms with Gasteiger partial charge in [-0.2, -0.15) is 0 Å². The summed E-state index contributed by atoms with van der Waals surface area (Å²) in [4.78, 5) is 7.09. The number of aromatic nitrogens is 1. The van der Waals surface area contributed by atoms with Crippen LogP contribution in [0.15, 0.2) is 6.20 Å². The van der Waals surface area contributed by atoms with E-state index in [9.17, 15) is 0 Å². The summed E-state index contributed by atoms with van der Waals surface area (Å²) in [6.45, 7) is 6.16. The summed E-state index contributed by atoms with van der Waals surface area (Å²) in [6, 6.07) is 0.760. The number of nitrogens with zero attached hydrogens (tertiary/aromatic N) is 2. The number of ether oxygens (including phenoxy) is 1. The molecule has 1 aromatic heterocycles. The summed E-state index contributed by atoms with van der Waals surface area (Å²) in [5.74, 6) is 0.981. The maximum absolute atomic E-state index is 5.47. The van der Waals surface area contributed by atoms with Crippen LogP contribution in [0.3, 0.4) is 0 Å². The van der Waals surface area contributed by atoms with Crippen molar-refractivity contribution in [1.82, 2.24) is 9.88 Å². The molecule has 4 heteroatoms. The van der Waals surface area contributed by atoms with Gasteiger partial charge in [-0.3, -0.25) is 9.88 Å². The van der Waals surface area contributed by atoms with Crippen molar-refractivity contribution in [2.24, 2.45) is 0 Å². The molecule has 0 radical (unpaired) electrons. The number of hydrogen-bond acceptors (Lipinski definition) is 3. The van der Waals surface area contributed by atoms with Crippen LogP contribution in [0.25, 0.3) is 0 Å². The molecule has 3 nitrogen and oxygen atoms in total. The van der Waals surface area contributed by atoms with Crippen LogP contribution in [-0.2, 0) is 6.54 Å². The molecule has 1 fully saturated rings. The van der Waals surface area contributed by atoms with E-state index in [4.69, 9.17) is 4.74 Å². The van der Waals surface area contributed by atoms with Gasteiger partial charge in [0.1, 0.15) is 5.75 Å². The zero-order valence-electron chi connectivity index (χ0n) is 11.4. The van der Waals surface area contributed by atoms with E-state index in [0.29, 0.717) is 0 Å². The van der Waals surface area contributed by atoms with Crippen LogP contribution >= 0.6 is 15.9 Å². The van der Waals surface area contributed by atoms with Crippen molar-refractivity contribution in [2.45, 2.75) is 39.3 Å². The predicted octanol–water partition coefficient (Wildman–Crippen LogP) is 3.07. The Morgan fingerprint density at radius 2 is 2.17 bits per heavy atom. The third kappa shape index (κ3) is 3.04. The normalized spacial score (nSPS) is 15.2. The Hall–Kier alpha value is -0.610.